The highest BCUT2D eigenvalue weighted by molar-refractivity contribution is 5.97. The molecular formula is C14H16N2O3. The maximum absolute atomic E-state index is 12.2. The minimum absolute atomic E-state index is 0.0218. The second kappa shape index (κ2) is 5.56. The fraction of sp³-hybridized carbons (Fsp3) is 0.286. The highest BCUT2D eigenvalue weighted by Crippen LogP contribution is 2.23. The van der Waals surface area contributed by atoms with Crippen LogP contribution in [0.4, 0.5) is 0 Å². The molecule has 1 aromatic carbocycles. The van der Waals surface area contributed by atoms with Crippen LogP contribution in [-0.4, -0.2) is 29.6 Å². The van der Waals surface area contributed by atoms with Gasteiger partial charge in [0.25, 0.3) is 0 Å². The van der Waals surface area contributed by atoms with Gasteiger partial charge in [-0.15, -0.1) is 0 Å². The van der Waals surface area contributed by atoms with Crippen LogP contribution < -0.4 is 9.47 Å². The molecular weight excluding hydrogens is 244 g/mol. The maximum atomic E-state index is 12.2. The predicted octanol–water partition coefficient (Wildman–Crippen LogP) is 1.86. The van der Waals surface area contributed by atoms with Crippen molar-refractivity contribution in [2.45, 2.75) is 6.42 Å². The fourth-order valence-electron chi connectivity index (χ4n) is 1.78. The zero-order chi connectivity index (χ0) is 13.8. The monoisotopic (exact) mass is 260 g/mol. The second-order valence-corrected chi connectivity index (χ2v) is 4.16. The summed E-state index contributed by atoms with van der Waals surface area (Å²) in [5.41, 5.74) is 0.555. The van der Waals surface area contributed by atoms with Crippen LogP contribution in [0.15, 0.2) is 30.6 Å². The van der Waals surface area contributed by atoms with Gasteiger partial charge in [0.1, 0.15) is 17.3 Å². The standard InChI is InChI=1S/C14H16N2O3/c1-16-5-4-15-14(16)9-13(17)10-6-11(18-2)8-12(7-10)19-3/h4-8H,9H2,1-3H3. The van der Waals surface area contributed by atoms with Crippen molar-refractivity contribution < 1.29 is 14.3 Å². The lowest BCUT2D eigenvalue weighted by Gasteiger charge is -2.08. The van der Waals surface area contributed by atoms with Gasteiger partial charge in [0.2, 0.25) is 0 Å². The van der Waals surface area contributed by atoms with Crippen molar-refractivity contribution in [3.8, 4) is 11.5 Å². The van der Waals surface area contributed by atoms with E-state index in [4.69, 9.17) is 9.47 Å². The number of hydrogen-bond acceptors (Lipinski definition) is 4. The molecule has 0 atom stereocenters. The predicted molar refractivity (Wildman–Crippen MR) is 70.8 cm³/mol. The number of ketones is 1. The molecule has 0 aliphatic heterocycles. The molecule has 0 amide bonds. The third-order valence-corrected chi connectivity index (χ3v) is 2.91. The van der Waals surface area contributed by atoms with E-state index >= 15 is 0 Å². The Labute approximate surface area is 111 Å². The number of methoxy groups -OCH3 is 2. The molecule has 0 bridgehead atoms. The highest BCUT2D eigenvalue weighted by atomic mass is 16.5. The van der Waals surface area contributed by atoms with E-state index in [0.29, 0.717) is 17.1 Å². The van der Waals surface area contributed by atoms with Crippen molar-refractivity contribution in [1.29, 1.82) is 0 Å². The first-order valence-corrected chi connectivity index (χ1v) is 5.86. The summed E-state index contributed by atoms with van der Waals surface area (Å²) in [4.78, 5) is 16.4. The Morgan fingerprint density at radius 3 is 2.32 bits per heavy atom. The van der Waals surface area contributed by atoms with Gasteiger partial charge in [-0.05, 0) is 12.1 Å². The first-order valence-electron chi connectivity index (χ1n) is 5.86. The normalized spacial score (nSPS) is 10.3. The minimum Gasteiger partial charge on any atom is -0.497 e. The van der Waals surface area contributed by atoms with Gasteiger partial charge in [0.15, 0.2) is 5.78 Å². The van der Waals surface area contributed by atoms with E-state index in [1.54, 1.807) is 38.6 Å². The van der Waals surface area contributed by atoms with Crippen LogP contribution in [0.1, 0.15) is 16.2 Å². The zero-order valence-electron chi connectivity index (χ0n) is 11.2. The fourth-order valence-corrected chi connectivity index (χ4v) is 1.78. The molecule has 0 saturated heterocycles. The number of aryl methyl sites for hydroxylation is 1. The lowest BCUT2D eigenvalue weighted by molar-refractivity contribution is 0.0989. The Balaban J connectivity index is 2.25. The second-order valence-electron chi connectivity index (χ2n) is 4.16. The van der Waals surface area contributed by atoms with Crippen LogP contribution in [0.5, 0.6) is 11.5 Å². The molecule has 1 aromatic heterocycles. The minimum atomic E-state index is -0.0218. The highest BCUT2D eigenvalue weighted by Gasteiger charge is 2.12. The molecule has 0 fully saturated rings. The Hall–Kier alpha value is -2.30. The number of nitrogens with zero attached hydrogens (tertiary/aromatic N) is 2. The summed E-state index contributed by atoms with van der Waals surface area (Å²) >= 11 is 0. The Morgan fingerprint density at radius 2 is 1.84 bits per heavy atom. The van der Waals surface area contributed by atoms with E-state index in [1.165, 1.54) is 0 Å². The quantitative estimate of drug-likeness (QED) is 0.770. The van der Waals surface area contributed by atoms with Crippen LogP contribution in [0.2, 0.25) is 0 Å². The molecule has 19 heavy (non-hydrogen) atoms. The molecule has 0 spiro atoms. The van der Waals surface area contributed by atoms with Crippen LogP contribution >= 0.6 is 0 Å². The number of carbonyl (C=O) groups is 1. The van der Waals surface area contributed by atoms with E-state index in [0.717, 1.165) is 5.82 Å². The maximum Gasteiger partial charge on any atom is 0.170 e. The topological polar surface area (TPSA) is 53.4 Å². The molecule has 2 aromatic rings. The average Bonchev–Trinajstić information content (AvgIpc) is 2.83. The van der Waals surface area contributed by atoms with Gasteiger partial charge >= 0.3 is 0 Å². The number of rotatable bonds is 5. The lowest BCUT2D eigenvalue weighted by Crippen LogP contribution is -2.08. The van der Waals surface area contributed by atoms with E-state index in [1.807, 2.05) is 17.8 Å². The molecule has 1 heterocycles. The van der Waals surface area contributed by atoms with E-state index in [9.17, 15) is 4.79 Å². The summed E-state index contributed by atoms with van der Waals surface area (Å²) in [6.45, 7) is 0. The molecule has 2 rings (SSSR count). The number of ether oxygens (including phenoxy) is 2. The van der Waals surface area contributed by atoms with Crippen molar-refractivity contribution >= 4 is 5.78 Å². The number of Topliss-reactive ketones (excluding diaryl/α,β-unsaturated/α-hetero) is 1. The third-order valence-electron chi connectivity index (χ3n) is 2.91. The summed E-state index contributed by atoms with van der Waals surface area (Å²) in [6, 6.07) is 5.14. The number of hydrogen-bond donors (Lipinski definition) is 0. The van der Waals surface area contributed by atoms with Crippen molar-refractivity contribution in [3.05, 3.63) is 42.0 Å². The molecule has 5 heteroatoms. The summed E-state index contributed by atoms with van der Waals surface area (Å²) in [7, 11) is 4.98. The van der Waals surface area contributed by atoms with Crippen molar-refractivity contribution in [2.75, 3.05) is 14.2 Å². The molecule has 0 aliphatic carbocycles. The van der Waals surface area contributed by atoms with Crippen LogP contribution in [-0.2, 0) is 13.5 Å². The summed E-state index contributed by atoms with van der Waals surface area (Å²) in [5.74, 6) is 1.91. The Bertz CT molecular complexity index is 568. The largest absolute Gasteiger partial charge is 0.497 e. The molecule has 0 aliphatic rings. The van der Waals surface area contributed by atoms with Gasteiger partial charge in [-0.25, -0.2) is 4.98 Å². The first kappa shape index (κ1) is 13.1. The summed E-state index contributed by atoms with van der Waals surface area (Å²) in [5, 5.41) is 0. The van der Waals surface area contributed by atoms with Gasteiger partial charge in [0, 0.05) is 31.1 Å². The van der Waals surface area contributed by atoms with Gasteiger partial charge in [-0.2, -0.15) is 0 Å². The number of carbonyl (C=O) groups excluding carboxylic acids is 1. The Morgan fingerprint density at radius 1 is 1.21 bits per heavy atom. The molecule has 5 nitrogen and oxygen atoms in total. The SMILES string of the molecule is COc1cc(OC)cc(C(=O)Cc2nccn2C)c1. The van der Waals surface area contributed by atoms with Crippen molar-refractivity contribution in [3.63, 3.8) is 0 Å². The summed E-state index contributed by atoms with van der Waals surface area (Å²) in [6.07, 6.45) is 3.74. The van der Waals surface area contributed by atoms with Gasteiger partial charge in [-0.3, -0.25) is 4.79 Å². The van der Waals surface area contributed by atoms with Crippen LogP contribution in [0.3, 0.4) is 0 Å². The van der Waals surface area contributed by atoms with Gasteiger partial charge < -0.3 is 14.0 Å². The van der Waals surface area contributed by atoms with Gasteiger partial charge in [0.05, 0.1) is 20.6 Å². The molecule has 0 saturated carbocycles. The van der Waals surface area contributed by atoms with E-state index in [-0.39, 0.29) is 12.2 Å². The zero-order valence-corrected chi connectivity index (χ0v) is 11.2. The van der Waals surface area contributed by atoms with Crippen molar-refractivity contribution in [2.24, 2.45) is 7.05 Å². The first-order chi connectivity index (χ1) is 9.13. The van der Waals surface area contributed by atoms with E-state index < -0.39 is 0 Å². The smallest absolute Gasteiger partial charge is 0.170 e. The van der Waals surface area contributed by atoms with Gasteiger partial charge in [-0.1, -0.05) is 0 Å². The molecule has 0 unspecified atom stereocenters. The number of benzene rings is 1. The van der Waals surface area contributed by atoms with Crippen LogP contribution in [0, 0.1) is 0 Å². The Kier molecular flexibility index (Phi) is 3.85. The third kappa shape index (κ3) is 2.93. The number of aromatic nitrogens is 2. The molecule has 0 radical (unpaired) electrons. The van der Waals surface area contributed by atoms with E-state index in [2.05, 4.69) is 4.98 Å². The molecule has 0 N–H and O–H groups in total. The molecule has 100 valence electrons. The number of imidazole rings is 1. The van der Waals surface area contributed by atoms with Crippen LogP contribution in [0.25, 0.3) is 0 Å². The average molecular weight is 260 g/mol. The lowest BCUT2D eigenvalue weighted by atomic mass is 10.1. The summed E-state index contributed by atoms with van der Waals surface area (Å²) < 4.78 is 12.1. The van der Waals surface area contributed by atoms with Crippen molar-refractivity contribution in [1.82, 2.24) is 9.55 Å².